The highest BCUT2D eigenvalue weighted by Crippen LogP contribution is 2.16. The van der Waals surface area contributed by atoms with Crippen LogP contribution in [0.3, 0.4) is 0 Å². The Hall–Kier alpha value is -1.56. The van der Waals surface area contributed by atoms with Gasteiger partial charge in [-0.25, -0.2) is 0 Å². The third-order valence-electron chi connectivity index (χ3n) is 2.32. The van der Waals surface area contributed by atoms with Crippen LogP contribution < -0.4 is 0 Å². The van der Waals surface area contributed by atoms with Crippen LogP contribution in [0.1, 0.15) is 34.8 Å². The largest absolute Gasteiger partial charge is 0.287 e. The molecule has 6 heteroatoms. The van der Waals surface area contributed by atoms with Gasteiger partial charge in [-0.05, 0) is 24.9 Å². The van der Waals surface area contributed by atoms with Crippen molar-refractivity contribution in [3.8, 4) is 0 Å². The minimum atomic E-state index is -0.0356. The molecule has 0 unspecified atom stereocenters. The number of rotatable bonds is 4. The van der Waals surface area contributed by atoms with E-state index in [1.807, 2.05) is 13.8 Å². The second-order valence-corrected chi connectivity index (χ2v) is 4.07. The summed E-state index contributed by atoms with van der Waals surface area (Å²) in [6.45, 7) is 4.70. The summed E-state index contributed by atoms with van der Waals surface area (Å²) in [4.78, 5) is 12.7. The molecule has 2 heterocycles. The topological polar surface area (TPSA) is 60.7 Å². The van der Waals surface area contributed by atoms with Gasteiger partial charge < -0.3 is 0 Å². The molecule has 84 valence electrons. The van der Waals surface area contributed by atoms with E-state index in [-0.39, 0.29) is 5.78 Å². The van der Waals surface area contributed by atoms with Crippen molar-refractivity contribution in [3.05, 3.63) is 28.5 Å². The molecule has 0 saturated heterocycles. The Labute approximate surface area is 97.3 Å². The van der Waals surface area contributed by atoms with Gasteiger partial charge in [-0.1, -0.05) is 11.4 Å². The molecule has 0 bridgehead atoms. The zero-order valence-corrected chi connectivity index (χ0v) is 9.99. The molecule has 5 nitrogen and oxygen atoms in total. The summed E-state index contributed by atoms with van der Waals surface area (Å²) in [6.07, 6.45) is 4.06. The maximum Gasteiger partial charge on any atom is 0.209 e. The van der Waals surface area contributed by atoms with Crippen molar-refractivity contribution in [2.75, 3.05) is 0 Å². The fraction of sp³-hybridized carbons (Fsp3) is 0.400. The Kier molecular flexibility index (Phi) is 3.09. The van der Waals surface area contributed by atoms with Crippen molar-refractivity contribution < 1.29 is 4.79 Å². The second kappa shape index (κ2) is 4.52. The van der Waals surface area contributed by atoms with Gasteiger partial charge in [-0.2, -0.15) is 5.10 Å². The Morgan fingerprint density at radius 3 is 2.94 bits per heavy atom. The van der Waals surface area contributed by atoms with E-state index >= 15 is 0 Å². The highest BCUT2D eigenvalue weighted by Gasteiger charge is 2.18. The minimum Gasteiger partial charge on any atom is -0.287 e. The number of nitrogens with zero attached hydrogens (tertiary/aromatic N) is 4. The fourth-order valence-corrected chi connectivity index (χ4v) is 2.11. The van der Waals surface area contributed by atoms with Gasteiger partial charge in [0.25, 0.3) is 0 Å². The normalized spacial score (nSPS) is 10.6. The number of ketones is 1. The van der Waals surface area contributed by atoms with Crippen molar-refractivity contribution in [2.45, 2.75) is 26.8 Å². The lowest BCUT2D eigenvalue weighted by atomic mass is 10.1. The van der Waals surface area contributed by atoms with Gasteiger partial charge in [0.15, 0.2) is 0 Å². The predicted octanol–water partition coefficient (Wildman–Crippen LogP) is 1.55. The molecule has 0 aliphatic heterocycles. The van der Waals surface area contributed by atoms with Gasteiger partial charge >= 0.3 is 0 Å². The monoisotopic (exact) mass is 236 g/mol. The number of carbonyl (C=O) groups excluding carboxylic acids is 1. The van der Waals surface area contributed by atoms with Crippen LogP contribution in [-0.4, -0.2) is 25.2 Å². The van der Waals surface area contributed by atoms with Crippen LogP contribution in [-0.2, 0) is 13.0 Å². The van der Waals surface area contributed by atoms with Crippen molar-refractivity contribution in [1.29, 1.82) is 0 Å². The number of hydrogen-bond acceptors (Lipinski definition) is 5. The Bertz CT molecular complexity index is 502. The molecule has 0 saturated carbocycles. The van der Waals surface area contributed by atoms with E-state index in [0.717, 1.165) is 30.2 Å². The molecule has 0 N–H and O–H groups in total. The summed E-state index contributed by atoms with van der Waals surface area (Å²) in [5.74, 6) is -0.0356. The Balaban J connectivity index is 2.31. The molecule has 2 aromatic heterocycles. The van der Waals surface area contributed by atoms with E-state index in [9.17, 15) is 4.79 Å². The van der Waals surface area contributed by atoms with Gasteiger partial charge in [-0.3, -0.25) is 9.48 Å². The third-order valence-corrected chi connectivity index (χ3v) is 3.08. The summed E-state index contributed by atoms with van der Waals surface area (Å²) in [6, 6.07) is 0. The molecule has 0 aliphatic carbocycles. The highest BCUT2D eigenvalue weighted by molar-refractivity contribution is 7.08. The standard InChI is InChI=1S/C10H12N4OS/c1-3-8-10(16-13-12-8)9(15)7-5-11-14(4-2)6-7/h5-6H,3-4H2,1-2H3. The van der Waals surface area contributed by atoms with E-state index < -0.39 is 0 Å². The molecule has 16 heavy (non-hydrogen) atoms. The predicted molar refractivity (Wildman–Crippen MR) is 60.6 cm³/mol. The molecule has 0 aromatic carbocycles. The summed E-state index contributed by atoms with van der Waals surface area (Å²) < 4.78 is 5.54. The van der Waals surface area contributed by atoms with Crippen LogP contribution in [0.15, 0.2) is 12.4 Å². The first-order valence-electron chi connectivity index (χ1n) is 5.14. The average molecular weight is 236 g/mol. The van der Waals surface area contributed by atoms with Gasteiger partial charge in [0.2, 0.25) is 5.78 Å². The molecule has 0 atom stereocenters. The fourth-order valence-electron chi connectivity index (χ4n) is 1.40. The van der Waals surface area contributed by atoms with Crippen molar-refractivity contribution in [3.63, 3.8) is 0 Å². The molecular formula is C10H12N4OS. The smallest absolute Gasteiger partial charge is 0.209 e. The van der Waals surface area contributed by atoms with E-state index in [1.165, 1.54) is 0 Å². The van der Waals surface area contributed by atoms with E-state index in [2.05, 4.69) is 14.7 Å². The SMILES string of the molecule is CCc1nnsc1C(=O)c1cnn(CC)c1. The molecule has 2 aromatic rings. The first kappa shape index (κ1) is 10.9. The van der Waals surface area contributed by atoms with E-state index in [0.29, 0.717) is 10.4 Å². The van der Waals surface area contributed by atoms with Crippen molar-refractivity contribution in [2.24, 2.45) is 0 Å². The number of carbonyl (C=O) groups is 1. The van der Waals surface area contributed by atoms with Gasteiger partial charge in [0.05, 0.1) is 17.5 Å². The second-order valence-electron chi connectivity index (χ2n) is 3.32. The number of aryl methyl sites for hydroxylation is 2. The quantitative estimate of drug-likeness (QED) is 0.756. The van der Waals surface area contributed by atoms with Crippen LogP contribution in [0.5, 0.6) is 0 Å². The van der Waals surface area contributed by atoms with Crippen LogP contribution in [0.2, 0.25) is 0 Å². The maximum atomic E-state index is 12.1. The molecular weight excluding hydrogens is 224 g/mol. The molecule has 0 fully saturated rings. The highest BCUT2D eigenvalue weighted by atomic mass is 32.1. The molecule has 2 rings (SSSR count). The van der Waals surface area contributed by atoms with Crippen LogP contribution in [0.25, 0.3) is 0 Å². The first-order chi connectivity index (χ1) is 7.76. The summed E-state index contributed by atoms with van der Waals surface area (Å²) in [5, 5.41) is 8.01. The zero-order chi connectivity index (χ0) is 11.5. The van der Waals surface area contributed by atoms with E-state index in [1.54, 1.807) is 17.1 Å². The lowest BCUT2D eigenvalue weighted by Crippen LogP contribution is -2.01. The van der Waals surface area contributed by atoms with E-state index in [4.69, 9.17) is 0 Å². The number of hydrogen-bond donors (Lipinski definition) is 0. The Morgan fingerprint density at radius 1 is 1.50 bits per heavy atom. The molecule has 0 spiro atoms. The van der Waals surface area contributed by atoms with Crippen LogP contribution in [0.4, 0.5) is 0 Å². The molecule has 0 aliphatic rings. The third kappa shape index (κ3) is 1.88. The zero-order valence-electron chi connectivity index (χ0n) is 9.17. The first-order valence-corrected chi connectivity index (χ1v) is 5.92. The van der Waals surface area contributed by atoms with Gasteiger partial charge in [0, 0.05) is 12.7 Å². The minimum absolute atomic E-state index is 0.0356. The number of aromatic nitrogens is 4. The lowest BCUT2D eigenvalue weighted by molar-refractivity contribution is 0.104. The summed E-state index contributed by atoms with van der Waals surface area (Å²) in [5.41, 5.74) is 1.36. The lowest BCUT2D eigenvalue weighted by Gasteiger charge is -1.94. The van der Waals surface area contributed by atoms with Crippen molar-refractivity contribution in [1.82, 2.24) is 19.4 Å². The van der Waals surface area contributed by atoms with Crippen molar-refractivity contribution >= 4 is 17.3 Å². The molecule has 0 radical (unpaired) electrons. The van der Waals surface area contributed by atoms with Crippen LogP contribution >= 0.6 is 11.5 Å². The summed E-state index contributed by atoms with van der Waals surface area (Å²) in [7, 11) is 0. The maximum absolute atomic E-state index is 12.1. The summed E-state index contributed by atoms with van der Waals surface area (Å²) >= 11 is 1.15. The van der Waals surface area contributed by atoms with Gasteiger partial charge in [-0.15, -0.1) is 5.10 Å². The Morgan fingerprint density at radius 2 is 2.31 bits per heavy atom. The van der Waals surface area contributed by atoms with Gasteiger partial charge in [0.1, 0.15) is 4.88 Å². The average Bonchev–Trinajstić information content (AvgIpc) is 2.96. The van der Waals surface area contributed by atoms with Crippen LogP contribution in [0, 0.1) is 0 Å². The molecule has 0 amide bonds.